The molecule has 3 aromatic rings. The number of unbranched alkanes of at least 4 members (excludes halogenated alkanes) is 2. The largest absolute Gasteiger partial charge is 0.493 e. The number of benzene rings is 3. The number of esters is 2. The normalized spacial score (nSPS) is 10.7. The van der Waals surface area contributed by atoms with E-state index < -0.39 is 11.9 Å². The molecule has 0 radical (unpaired) electrons. The van der Waals surface area contributed by atoms with E-state index >= 15 is 0 Å². The molecule has 0 atom stereocenters. The van der Waals surface area contributed by atoms with Gasteiger partial charge in [0.15, 0.2) is 23.0 Å². The summed E-state index contributed by atoms with van der Waals surface area (Å²) < 4.78 is 32.3. The van der Waals surface area contributed by atoms with Gasteiger partial charge in [0.1, 0.15) is 0 Å². The molecule has 0 saturated heterocycles. The Morgan fingerprint density at radius 1 is 0.558 bits per heavy atom. The van der Waals surface area contributed by atoms with E-state index in [4.69, 9.17) is 28.4 Å². The van der Waals surface area contributed by atoms with Crippen LogP contribution in [0, 0.1) is 0 Å². The topological polar surface area (TPSA) is 148 Å². The van der Waals surface area contributed by atoms with Crippen LogP contribution in [0.4, 0.5) is 11.4 Å². The van der Waals surface area contributed by atoms with Gasteiger partial charge in [-0.1, -0.05) is 25.3 Å². The minimum absolute atomic E-state index is 0.295. The first kappa shape index (κ1) is 40.1. The molecule has 0 aliphatic carbocycles. The van der Waals surface area contributed by atoms with Gasteiger partial charge in [-0.2, -0.15) is 0 Å². The first-order valence-electron chi connectivity index (χ1n) is 16.5. The summed E-state index contributed by atoms with van der Waals surface area (Å²) in [7, 11) is 3.07. The first-order chi connectivity index (χ1) is 25.2. The zero-order valence-corrected chi connectivity index (χ0v) is 29.4. The molecule has 0 unspecified atom stereocenters. The Morgan fingerprint density at radius 2 is 0.942 bits per heavy atom. The van der Waals surface area contributed by atoms with Crippen molar-refractivity contribution in [2.45, 2.75) is 25.7 Å². The Hall–Kier alpha value is -6.30. The van der Waals surface area contributed by atoms with Crippen LogP contribution < -0.4 is 29.6 Å². The van der Waals surface area contributed by atoms with E-state index in [-0.39, 0.29) is 11.8 Å². The number of methoxy groups -OCH3 is 2. The van der Waals surface area contributed by atoms with Crippen LogP contribution in [-0.4, -0.2) is 64.4 Å². The zero-order valence-electron chi connectivity index (χ0n) is 29.4. The molecule has 12 heteroatoms. The fraction of sp³-hybridized carbons (Fsp3) is 0.250. The number of ether oxygens (including phenoxy) is 6. The summed E-state index contributed by atoms with van der Waals surface area (Å²) >= 11 is 0. The summed E-state index contributed by atoms with van der Waals surface area (Å²) in [6.07, 6.45) is 11.0. The second kappa shape index (κ2) is 22.4. The molecule has 0 aromatic heterocycles. The molecule has 0 aliphatic rings. The highest BCUT2D eigenvalue weighted by Crippen LogP contribution is 2.30. The lowest BCUT2D eigenvalue weighted by Crippen LogP contribution is -2.09. The van der Waals surface area contributed by atoms with Crippen molar-refractivity contribution in [2.24, 2.45) is 0 Å². The van der Waals surface area contributed by atoms with E-state index in [0.717, 1.165) is 23.3 Å². The van der Waals surface area contributed by atoms with Crippen LogP contribution in [0.25, 0.3) is 12.2 Å². The number of rotatable bonds is 22. The van der Waals surface area contributed by atoms with Gasteiger partial charge in [-0.3, -0.25) is 9.59 Å². The van der Waals surface area contributed by atoms with E-state index in [2.05, 4.69) is 23.8 Å². The Labute approximate surface area is 303 Å². The molecule has 52 heavy (non-hydrogen) atoms. The molecule has 0 spiro atoms. The van der Waals surface area contributed by atoms with Gasteiger partial charge in [-0.25, -0.2) is 9.59 Å². The fourth-order valence-electron chi connectivity index (χ4n) is 4.40. The van der Waals surface area contributed by atoms with Crippen LogP contribution in [-0.2, 0) is 28.7 Å². The monoisotopic (exact) mass is 712 g/mol. The zero-order chi connectivity index (χ0) is 37.6. The van der Waals surface area contributed by atoms with Crippen LogP contribution in [0.5, 0.6) is 23.0 Å². The molecule has 2 N–H and O–H groups in total. The van der Waals surface area contributed by atoms with Gasteiger partial charge >= 0.3 is 11.9 Å². The van der Waals surface area contributed by atoms with Crippen molar-refractivity contribution in [3.63, 3.8) is 0 Å². The quantitative estimate of drug-likeness (QED) is 0.0649. The number of hydrogen-bond donors (Lipinski definition) is 2. The van der Waals surface area contributed by atoms with Crippen molar-refractivity contribution in [1.29, 1.82) is 0 Å². The number of carbonyl (C=O) groups excluding carboxylic acids is 4. The lowest BCUT2D eigenvalue weighted by atomic mass is 10.2. The lowest BCUT2D eigenvalue weighted by molar-refractivity contribution is -0.138. The summed E-state index contributed by atoms with van der Waals surface area (Å²) in [5.74, 6) is 0.584. The molecular weight excluding hydrogens is 668 g/mol. The predicted octanol–water partition coefficient (Wildman–Crippen LogP) is 6.78. The van der Waals surface area contributed by atoms with E-state index in [9.17, 15) is 19.2 Å². The van der Waals surface area contributed by atoms with Crippen molar-refractivity contribution >= 4 is 47.3 Å². The number of amides is 2. The molecule has 0 bridgehead atoms. The highest BCUT2D eigenvalue weighted by atomic mass is 16.5. The summed E-state index contributed by atoms with van der Waals surface area (Å²) in [5.41, 5.74) is 2.58. The molecule has 3 rings (SSSR count). The Bertz CT molecular complexity index is 1600. The molecule has 0 heterocycles. The average molecular weight is 713 g/mol. The highest BCUT2D eigenvalue weighted by molar-refractivity contribution is 6.03. The summed E-state index contributed by atoms with van der Waals surface area (Å²) in [6, 6.07) is 17.4. The lowest BCUT2D eigenvalue weighted by Gasteiger charge is -2.11. The van der Waals surface area contributed by atoms with Crippen LogP contribution in [0.15, 0.2) is 98.1 Å². The Balaban J connectivity index is 1.43. The van der Waals surface area contributed by atoms with E-state index in [1.807, 2.05) is 0 Å². The van der Waals surface area contributed by atoms with Gasteiger partial charge in [0.25, 0.3) is 0 Å². The summed E-state index contributed by atoms with van der Waals surface area (Å²) in [5, 5.41) is 5.58. The van der Waals surface area contributed by atoms with Gasteiger partial charge in [0, 0.05) is 35.7 Å². The summed E-state index contributed by atoms with van der Waals surface area (Å²) in [4.78, 5) is 47.3. The first-order valence-corrected chi connectivity index (χ1v) is 16.5. The van der Waals surface area contributed by atoms with E-state index in [1.165, 1.54) is 26.4 Å². The maximum Gasteiger partial charge on any atom is 0.330 e. The maximum absolute atomic E-state index is 12.6. The minimum Gasteiger partial charge on any atom is -0.493 e. The number of carbonyl (C=O) groups is 4. The van der Waals surface area contributed by atoms with Crippen molar-refractivity contribution in [2.75, 3.05) is 51.3 Å². The van der Waals surface area contributed by atoms with E-state index in [0.29, 0.717) is 86.5 Å². The van der Waals surface area contributed by atoms with Crippen molar-refractivity contribution in [3.8, 4) is 23.0 Å². The maximum atomic E-state index is 12.6. The van der Waals surface area contributed by atoms with Gasteiger partial charge < -0.3 is 39.1 Å². The van der Waals surface area contributed by atoms with Gasteiger partial charge in [0.05, 0.1) is 40.6 Å². The second-order valence-corrected chi connectivity index (χ2v) is 10.9. The van der Waals surface area contributed by atoms with Crippen LogP contribution in [0.1, 0.15) is 36.8 Å². The van der Waals surface area contributed by atoms with Gasteiger partial charge in [-0.15, -0.1) is 0 Å². The van der Waals surface area contributed by atoms with Crippen LogP contribution >= 0.6 is 0 Å². The molecular formula is C40H44N2O10. The molecule has 12 nitrogen and oxygen atoms in total. The minimum atomic E-state index is -0.449. The van der Waals surface area contributed by atoms with E-state index in [1.54, 1.807) is 72.8 Å². The highest BCUT2D eigenvalue weighted by Gasteiger charge is 2.08. The van der Waals surface area contributed by atoms with Crippen LogP contribution in [0.2, 0.25) is 0 Å². The SMILES string of the molecule is C=CC(=O)OCCCCOc1ccc(C=CC(=O)Nc2ccc(NC(=O)C=Cc3ccc(OCCCCOC(=O)C=C)c(OC)c3)cc2)cc1OC. The molecule has 2 amide bonds. The molecule has 3 aromatic carbocycles. The third-order valence-corrected chi connectivity index (χ3v) is 7.06. The predicted molar refractivity (Wildman–Crippen MR) is 200 cm³/mol. The summed E-state index contributed by atoms with van der Waals surface area (Å²) in [6.45, 7) is 8.14. The molecule has 0 fully saturated rings. The number of anilines is 2. The number of nitrogens with one attached hydrogen (secondary N) is 2. The molecule has 0 aliphatic heterocycles. The number of hydrogen-bond acceptors (Lipinski definition) is 10. The third kappa shape index (κ3) is 14.7. The standard InChI is InChI=1S/C40H44N2O10/c1-5-39(45)51-25-9-7-23-49-33-19-11-29(27-35(33)47-3)13-21-37(43)41-31-15-17-32(18-16-31)42-38(44)22-14-30-12-20-34(36(28-30)48-4)50-24-8-10-26-52-40(46)6-2/h5-6,11-22,27-28H,1-2,7-10,23-26H2,3-4H3,(H,41,43)(H,42,44). The molecule has 0 saturated carbocycles. The third-order valence-electron chi connectivity index (χ3n) is 7.06. The van der Waals surface area contributed by atoms with Crippen molar-refractivity contribution < 1.29 is 47.6 Å². The van der Waals surface area contributed by atoms with Gasteiger partial charge in [-0.05, 0) is 97.5 Å². The molecule has 274 valence electrons. The van der Waals surface area contributed by atoms with Crippen molar-refractivity contribution in [1.82, 2.24) is 0 Å². The smallest absolute Gasteiger partial charge is 0.330 e. The van der Waals surface area contributed by atoms with Crippen LogP contribution in [0.3, 0.4) is 0 Å². The Kier molecular flexibility index (Phi) is 17.3. The Morgan fingerprint density at radius 3 is 1.31 bits per heavy atom. The fourth-order valence-corrected chi connectivity index (χ4v) is 4.40. The van der Waals surface area contributed by atoms with Gasteiger partial charge in [0.2, 0.25) is 11.8 Å². The second-order valence-electron chi connectivity index (χ2n) is 10.9. The van der Waals surface area contributed by atoms with Crippen molar-refractivity contribution in [3.05, 3.63) is 109 Å². The average Bonchev–Trinajstić information content (AvgIpc) is 3.16.